The Balaban J connectivity index is 1.85. The molecule has 1 heterocycles. The van der Waals surface area contributed by atoms with Crippen molar-refractivity contribution in [2.75, 3.05) is 0 Å². The lowest BCUT2D eigenvalue weighted by molar-refractivity contribution is 0.482. The van der Waals surface area contributed by atoms with E-state index < -0.39 is 17.5 Å². The van der Waals surface area contributed by atoms with E-state index in [0.717, 1.165) is 12.8 Å². The first kappa shape index (κ1) is 12.3. The molecule has 1 aromatic carbocycles. The highest BCUT2D eigenvalue weighted by Crippen LogP contribution is 2.29. The van der Waals surface area contributed by atoms with Crippen molar-refractivity contribution in [3.63, 3.8) is 0 Å². The maximum atomic E-state index is 13.6. The molecule has 0 radical (unpaired) electrons. The molecule has 0 amide bonds. The van der Waals surface area contributed by atoms with Gasteiger partial charge in [0, 0.05) is 18.2 Å². The SMILES string of the molecule is Fc1cc(F)c(-c2ccc(CNC3CC3)o2)c(F)c1. The van der Waals surface area contributed by atoms with Crippen LogP contribution in [0.3, 0.4) is 0 Å². The Labute approximate surface area is 108 Å². The van der Waals surface area contributed by atoms with E-state index in [9.17, 15) is 13.2 Å². The standard InChI is InChI=1S/C14H12F3NO/c15-8-5-11(16)14(12(17)6-8)13-4-3-10(19-13)7-18-9-1-2-9/h3-6,9,18H,1-2,7H2. The van der Waals surface area contributed by atoms with E-state index in [1.807, 2.05) is 0 Å². The van der Waals surface area contributed by atoms with Gasteiger partial charge in [0.1, 0.15) is 29.0 Å². The van der Waals surface area contributed by atoms with E-state index in [1.54, 1.807) is 6.07 Å². The van der Waals surface area contributed by atoms with Gasteiger partial charge in [0.05, 0.1) is 12.1 Å². The van der Waals surface area contributed by atoms with Crippen LogP contribution in [0, 0.1) is 17.5 Å². The molecule has 1 aliphatic rings. The molecule has 2 nitrogen and oxygen atoms in total. The highest BCUT2D eigenvalue weighted by molar-refractivity contribution is 5.59. The van der Waals surface area contributed by atoms with Crippen LogP contribution in [0.2, 0.25) is 0 Å². The van der Waals surface area contributed by atoms with Crippen molar-refractivity contribution in [2.45, 2.75) is 25.4 Å². The van der Waals surface area contributed by atoms with Crippen molar-refractivity contribution < 1.29 is 17.6 Å². The van der Waals surface area contributed by atoms with Gasteiger partial charge in [-0.3, -0.25) is 0 Å². The van der Waals surface area contributed by atoms with Gasteiger partial charge in [0.15, 0.2) is 0 Å². The molecule has 100 valence electrons. The van der Waals surface area contributed by atoms with E-state index in [2.05, 4.69) is 5.32 Å². The summed E-state index contributed by atoms with van der Waals surface area (Å²) in [4.78, 5) is 0. The Hall–Kier alpha value is -1.75. The number of hydrogen-bond donors (Lipinski definition) is 1. The first-order valence-corrected chi connectivity index (χ1v) is 6.10. The molecule has 0 aliphatic heterocycles. The molecule has 0 unspecified atom stereocenters. The molecule has 1 N–H and O–H groups in total. The maximum Gasteiger partial charge on any atom is 0.140 e. The Morgan fingerprint density at radius 2 is 1.79 bits per heavy atom. The Bertz CT molecular complexity index is 581. The zero-order chi connectivity index (χ0) is 13.4. The second-order valence-electron chi connectivity index (χ2n) is 4.67. The Morgan fingerprint density at radius 3 is 2.42 bits per heavy atom. The van der Waals surface area contributed by atoms with Gasteiger partial charge < -0.3 is 9.73 Å². The number of halogens is 3. The molecule has 0 spiro atoms. The number of hydrogen-bond acceptors (Lipinski definition) is 2. The van der Waals surface area contributed by atoms with Crippen molar-refractivity contribution in [3.8, 4) is 11.3 Å². The Kier molecular flexibility index (Phi) is 3.06. The molecule has 3 rings (SSSR count). The summed E-state index contributed by atoms with van der Waals surface area (Å²) in [5.74, 6) is -2.20. The third-order valence-electron chi connectivity index (χ3n) is 3.06. The minimum atomic E-state index is -0.964. The fourth-order valence-electron chi connectivity index (χ4n) is 1.92. The Morgan fingerprint density at radius 1 is 1.11 bits per heavy atom. The second-order valence-corrected chi connectivity index (χ2v) is 4.67. The molecule has 1 fully saturated rings. The predicted molar refractivity (Wildman–Crippen MR) is 63.9 cm³/mol. The van der Waals surface area contributed by atoms with Crippen LogP contribution in [-0.4, -0.2) is 6.04 Å². The summed E-state index contributed by atoms with van der Waals surface area (Å²) >= 11 is 0. The van der Waals surface area contributed by atoms with Crippen LogP contribution in [-0.2, 0) is 6.54 Å². The fourth-order valence-corrected chi connectivity index (χ4v) is 1.92. The first-order valence-electron chi connectivity index (χ1n) is 6.10. The van der Waals surface area contributed by atoms with Gasteiger partial charge in [0.25, 0.3) is 0 Å². The minimum Gasteiger partial charge on any atom is -0.460 e. The molecule has 2 aromatic rings. The molecule has 5 heteroatoms. The quantitative estimate of drug-likeness (QED) is 0.915. The topological polar surface area (TPSA) is 25.2 Å². The maximum absolute atomic E-state index is 13.6. The summed E-state index contributed by atoms with van der Waals surface area (Å²) in [6, 6.07) is 4.95. The van der Waals surface area contributed by atoms with Crippen LogP contribution < -0.4 is 5.32 Å². The van der Waals surface area contributed by atoms with Crippen LogP contribution in [0.25, 0.3) is 11.3 Å². The van der Waals surface area contributed by atoms with Gasteiger partial charge >= 0.3 is 0 Å². The van der Waals surface area contributed by atoms with Gasteiger partial charge in [-0.15, -0.1) is 0 Å². The van der Waals surface area contributed by atoms with E-state index in [4.69, 9.17) is 4.42 Å². The van der Waals surface area contributed by atoms with E-state index >= 15 is 0 Å². The number of furan rings is 1. The van der Waals surface area contributed by atoms with Gasteiger partial charge in [-0.1, -0.05) is 0 Å². The normalized spacial score (nSPS) is 14.9. The minimum absolute atomic E-state index is 0.0718. The average Bonchev–Trinajstić information content (AvgIpc) is 3.05. The lowest BCUT2D eigenvalue weighted by Crippen LogP contribution is -2.14. The molecule has 1 saturated carbocycles. The van der Waals surface area contributed by atoms with Crippen molar-refractivity contribution >= 4 is 0 Å². The lowest BCUT2D eigenvalue weighted by Gasteiger charge is -2.02. The molecule has 1 aliphatic carbocycles. The molecule has 1 aromatic heterocycles. The third kappa shape index (κ3) is 2.66. The van der Waals surface area contributed by atoms with Crippen LogP contribution in [0.15, 0.2) is 28.7 Å². The summed E-state index contributed by atoms with van der Waals surface area (Å²) in [6.45, 7) is 0.523. The summed E-state index contributed by atoms with van der Waals surface area (Å²) in [5.41, 5.74) is -0.334. The van der Waals surface area contributed by atoms with E-state index in [-0.39, 0.29) is 11.3 Å². The van der Waals surface area contributed by atoms with Gasteiger partial charge in [-0.05, 0) is 25.0 Å². The van der Waals surface area contributed by atoms with Crippen LogP contribution in [0.4, 0.5) is 13.2 Å². The zero-order valence-electron chi connectivity index (χ0n) is 10.1. The van der Waals surface area contributed by atoms with Crippen molar-refractivity contribution in [1.82, 2.24) is 5.32 Å². The highest BCUT2D eigenvalue weighted by Gasteiger charge is 2.21. The molecular formula is C14H12F3NO. The number of nitrogens with one attached hydrogen (secondary N) is 1. The van der Waals surface area contributed by atoms with Crippen LogP contribution in [0.1, 0.15) is 18.6 Å². The van der Waals surface area contributed by atoms with E-state index in [1.165, 1.54) is 6.07 Å². The number of rotatable bonds is 4. The first-order chi connectivity index (χ1) is 9.13. The van der Waals surface area contributed by atoms with Crippen molar-refractivity contribution in [2.24, 2.45) is 0 Å². The van der Waals surface area contributed by atoms with Crippen LogP contribution >= 0.6 is 0 Å². The molecule has 19 heavy (non-hydrogen) atoms. The molecule has 0 bridgehead atoms. The summed E-state index contributed by atoms with van der Waals surface area (Å²) in [7, 11) is 0. The lowest BCUT2D eigenvalue weighted by atomic mass is 10.1. The van der Waals surface area contributed by atoms with E-state index in [0.29, 0.717) is 30.5 Å². The summed E-state index contributed by atoms with van der Waals surface area (Å²) < 4.78 is 45.4. The van der Waals surface area contributed by atoms with Crippen molar-refractivity contribution in [3.05, 3.63) is 47.5 Å². The third-order valence-corrected chi connectivity index (χ3v) is 3.06. The predicted octanol–water partition coefficient (Wildman–Crippen LogP) is 3.62. The van der Waals surface area contributed by atoms with Crippen LogP contribution in [0.5, 0.6) is 0 Å². The smallest absolute Gasteiger partial charge is 0.140 e. The monoisotopic (exact) mass is 267 g/mol. The fraction of sp³-hybridized carbons (Fsp3) is 0.286. The number of benzene rings is 1. The zero-order valence-corrected chi connectivity index (χ0v) is 10.1. The average molecular weight is 267 g/mol. The van der Waals surface area contributed by atoms with Gasteiger partial charge in [-0.25, -0.2) is 13.2 Å². The molecule has 0 atom stereocenters. The summed E-state index contributed by atoms with van der Waals surface area (Å²) in [6.07, 6.45) is 2.30. The van der Waals surface area contributed by atoms with Crippen molar-refractivity contribution in [1.29, 1.82) is 0 Å². The summed E-state index contributed by atoms with van der Waals surface area (Å²) in [5, 5.41) is 3.23. The highest BCUT2D eigenvalue weighted by atomic mass is 19.1. The molecular weight excluding hydrogens is 255 g/mol. The largest absolute Gasteiger partial charge is 0.460 e. The second kappa shape index (κ2) is 4.74. The van der Waals surface area contributed by atoms with Gasteiger partial charge in [0.2, 0.25) is 0 Å². The van der Waals surface area contributed by atoms with Gasteiger partial charge in [-0.2, -0.15) is 0 Å². The molecule has 0 saturated heterocycles.